The predicted molar refractivity (Wildman–Crippen MR) is 157 cm³/mol. The average molecular weight is 488 g/mol. The van der Waals surface area contributed by atoms with Crippen molar-refractivity contribution in [2.75, 3.05) is 23.7 Å². The minimum absolute atomic E-state index is 0.922. The molecule has 6 aromatic rings. The molecule has 3 heteroatoms. The normalized spacial score (nSPS) is 12.2. The first-order valence-electron chi connectivity index (χ1n) is 12.1. The molecular weight excluding hydrogens is 458 g/mol. The van der Waals surface area contributed by atoms with Crippen LogP contribution in [0.3, 0.4) is 0 Å². The van der Waals surface area contributed by atoms with Gasteiger partial charge in [-0.15, -0.1) is 0 Å². The number of rotatable bonds is 5. The van der Waals surface area contributed by atoms with Crippen molar-refractivity contribution in [1.29, 1.82) is 0 Å². The Hall–Kier alpha value is -3.95. The van der Waals surface area contributed by atoms with E-state index in [1.165, 1.54) is 15.7 Å². The highest BCUT2D eigenvalue weighted by atomic mass is 32.3. The summed E-state index contributed by atoms with van der Waals surface area (Å²) in [6.45, 7) is 0. The number of nitrogens with zero attached hydrogens (tertiary/aromatic N) is 1. The van der Waals surface area contributed by atoms with Crippen LogP contribution in [0.1, 0.15) is 0 Å². The number of hydrogen-bond donors (Lipinski definition) is 0. The maximum absolute atomic E-state index is 6.62. The smallest absolute Gasteiger partial charge is 0.147 e. The fraction of sp³-hybridized carbons (Fsp3) is 0.0909. The Balaban J connectivity index is 1.47. The quantitative estimate of drug-likeness (QED) is 0.241. The summed E-state index contributed by atoms with van der Waals surface area (Å²) in [5.74, 6) is 0. The molecule has 0 radical (unpaired) electrons. The second kappa shape index (κ2) is 8.92. The summed E-state index contributed by atoms with van der Waals surface area (Å²) in [6, 6.07) is 42.8. The fourth-order valence-electron chi connectivity index (χ4n) is 4.90. The lowest BCUT2D eigenvalue weighted by atomic mass is 10.0. The standard InChI is InChI=1S/C33H29NOS/c1-36(2,3)31-19-11-18-30-29-17-10-16-28(32(29)35-33(30)31)24-20-22-27(23-21-24)34(25-12-6-4-7-13-25)26-14-8-5-9-15-26/h4-23H,1-3H3. The molecule has 0 bridgehead atoms. The Labute approximate surface area is 214 Å². The van der Waals surface area contributed by atoms with E-state index in [9.17, 15) is 0 Å². The van der Waals surface area contributed by atoms with Crippen LogP contribution in [0.4, 0.5) is 17.1 Å². The lowest BCUT2D eigenvalue weighted by Gasteiger charge is -2.25. The second-order valence-corrected chi connectivity index (χ2v) is 13.9. The number of anilines is 3. The highest BCUT2D eigenvalue weighted by Gasteiger charge is 2.19. The number of furan rings is 1. The average Bonchev–Trinajstić information content (AvgIpc) is 3.29. The minimum Gasteiger partial charge on any atom is -0.454 e. The second-order valence-electron chi connectivity index (χ2n) is 9.81. The molecule has 178 valence electrons. The molecule has 6 rings (SSSR count). The van der Waals surface area contributed by atoms with Gasteiger partial charge in [-0.3, -0.25) is 0 Å². The molecule has 0 saturated carbocycles. The highest BCUT2D eigenvalue weighted by Crippen LogP contribution is 2.50. The Morgan fingerprint density at radius 2 is 1.03 bits per heavy atom. The minimum atomic E-state index is -0.922. The summed E-state index contributed by atoms with van der Waals surface area (Å²) in [7, 11) is -0.922. The van der Waals surface area contributed by atoms with Gasteiger partial charge in [0.05, 0.1) is 0 Å². The Bertz CT molecular complexity index is 1610. The molecule has 1 heterocycles. The number of benzene rings is 5. The Morgan fingerprint density at radius 3 is 1.61 bits per heavy atom. The zero-order valence-corrected chi connectivity index (χ0v) is 21.6. The molecule has 0 saturated heterocycles. The summed E-state index contributed by atoms with van der Waals surface area (Å²) in [5, 5.41) is 2.37. The van der Waals surface area contributed by atoms with Crippen molar-refractivity contribution in [3.8, 4) is 11.1 Å². The van der Waals surface area contributed by atoms with E-state index < -0.39 is 10.0 Å². The molecule has 2 nitrogen and oxygen atoms in total. The van der Waals surface area contributed by atoms with Crippen LogP contribution in [0, 0.1) is 0 Å². The molecule has 0 spiro atoms. The molecule has 0 amide bonds. The Kier molecular flexibility index (Phi) is 5.58. The van der Waals surface area contributed by atoms with Crippen LogP contribution in [0.15, 0.2) is 131 Å². The van der Waals surface area contributed by atoms with Crippen molar-refractivity contribution >= 4 is 49.0 Å². The van der Waals surface area contributed by atoms with E-state index in [2.05, 4.69) is 145 Å². The van der Waals surface area contributed by atoms with Gasteiger partial charge in [0.1, 0.15) is 11.2 Å². The molecule has 36 heavy (non-hydrogen) atoms. The monoisotopic (exact) mass is 487 g/mol. The van der Waals surface area contributed by atoms with Gasteiger partial charge in [0, 0.05) is 38.3 Å². The summed E-state index contributed by atoms with van der Waals surface area (Å²) in [4.78, 5) is 3.60. The topological polar surface area (TPSA) is 16.4 Å². The molecule has 0 N–H and O–H groups in total. The van der Waals surface area contributed by atoms with Gasteiger partial charge in [-0.25, -0.2) is 10.0 Å². The Morgan fingerprint density at radius 1 is 0.500 bits per heavy atom. The van der Waals surface area contributed by atoms with Crippen LogP contribution in [-0.2, 0) is 0 Å². The third-order valence-electron chi connectivity index (χ3n) is 6.61. The maximum atomic E-state index is 6.62. The van der Waals surface area contributed by atoms with Gasteiger partial charge in [-0.05, 0) is 66.8 Å². The van der Waals surface area contributed by atoms with Crippen LogP contribution >= 0.6 is 10.0 Å². The lowest BCUT2D eigenvalue weighted by Crippen LogP contribution is -2.09. The molecule has 1 aromatic heterocycles. The van der Waals surface area contributed by atoms with E-state index in [1.54, 1.807) is 0 Å². The van der Waals surface area contributed by atoms with Crippen LogP contribution in [0.5, 0.6) is 0 Å². The van der Waals surface area contributed by atoms with E-state index in [-0.39, 0.29) is 0 Å². The molecule has 0 aliphatic carbocycles. The van der Waals surface area contributed by atoms with Crippen molar-refractivity contribution < 1.29 is 4.42 Å². The molecular formula is C33H29NOS. The third-order valence-corrected chi connectivity index (χ3v) is 8.25. The molecule has 0 fully saturated rings. The first kappa shape index (κ1) is 22.5. The first-order chi connectivity index (χ1) is 17.5. The lowest BCUT2D eigenvalue weighted by molar-refractivity contribution is 0.661. The van der Waals surface area contributed by atoms with Crippen molar-refractivity contribution in [1.82, 2.24) is 0 Å². The van der Waals surface area contributed by atoms with Gasteiger partial charge in [0.15, 0.2) is 0 Å². The van der Waals surface area contributed by atoms with Crippen LogP contribution < -0.4 is 4.90 Å². The summed E-state index contributed by atoms with van der Waals surface area (Å²) in [5.41, 5.74) is 7.63. The largest absolute Gasteiger partial charge is 0.454 e. The van der Waals surface area contributed by atoms with Crippen LogP contribution in [-0.4, -0.2) is 18.8 Å². The van der Waals surface area contributed by atoms with E-state index in [1.807, 2.05) is 0 Å². The molecule has 0 unspecified atom stereocenters. The van der Waals surface area contributed by atoms with Crippen molar-refractivity contribution in [3.05, 3.63) is 121 Å². The number of para-hydroxylation sites is 4. The maximum Gasteiger partial charge on any atom is 0.147 e. The van der Waals surface area contributed by atoms with E-state index >= 15 is 0 Å². The summed E-state index contributed by atoms with van der Waals surface area (Å²) in [6.07, 6.45) is 6.96. The highest BCUT2D eigenvalue weighted by molar-refractivity contribution is 8.32. The van der Waals surface area contributed by atoms with Gasteiger partial charge < -0.3 is 9.32 Å². The van der Waals surface area contributed by atoms with Gasteiger partial charge in [0.2, 0.25) is 0 Å². The number of hydrogen-bond acceptors (Lipinski definition) is 2. The molecule has 0 atom stereocenters. The van der Waals surface area contributed by atoms with Crippen LogP contribution in [0.2, 0.25) is 0 Å². The van der Waals surface area contributed by atoms with Gasteiger partial charge in [-0.2, -0.15) is 0 Å². The van der Waals surface area contributed by atoms with Gasteiger partial charge >= 0.3 is 0 Å². The van der Waals surface area contributed by atoms with Crippen molar-refractivity contribution in [3.63, 3.8) is 0 Å². The number of fused-ring (bicyclic) bond motifs is 3. The third kappa shape index (κ3) is 3.96. The van der Waals surface area contributed by atoms with Gasteiger partial charge in [-0.1, -0.05) is 78.9 Å². The predicted octanol–water partition coefficient (Wildman–Crippen LogP) is 9.78. The van der Waals surface area contributed by atoms with E-state index in [4.69, 9.17) is 4.42 Å². The van der Waals surface area contributed by atoms with E-state index in [0.29, 0.717) is 0 Å². The zero-order chi connectivity index (χ0) is 24.7. The van der Waals surface area contributed by atoms with Gasteiger partial charge in [0.25, 0.3) is 0 Å². The SMILES string of the molecule is CS(C)(C)c1cccc2c1oc1c(-c3ccc(N(c4ccccc4)c4ccccc4)cc3)cccc12. The van der Waals surface area contributed by atoms with E-state index in [0.717, 1.165) is 39.4 Å². The molecule has 5 aromatic carbocycles. The summed E-state index contributed by atoms with van der Waals surface area (Å²) < 4.78 is 6.62. The molecule has 0 aliphatic rings. The molecule has 0 aliphatic heterocycles. The fourth-order valence-corrected chi connectivity index (χ4v) is 6.09. The summed E-state index contributed by atoms with van der Waals surface area (Å²) >= 11 is 0. The first-order valence-corrected chi connectivity index (χ1v) is 15.0. The zero-order valence-electron chi connectivity index (χ0n) is 20.8. The van der Waals surface area contributed by atoms with Crippen molar-refractivity contribution in [2.24, 2.45) is 0 Å². The van der Waals surface area contributed by atoms with Crippen molar-refractivity contribution in [2.45, 2.75) is 4.90 Å². The van der Waals surface area contributed by atoms with Crippen LogP contribution in [0.25, 0.3) is 33.1 Å².